The van der Waals surface area contributed by atoms with E-state index in [9.17, 15) is 9.59 Å². The molecule has 2 amide bonds. The van der Waals surface area contributed by atoms with Crippen LogP contribution in [-0.2, 0) is 4.79 Å². The summed E-state index contributed by atoms with van der Waals surface area (Å²) in [5.41, 5.74) is 1.19. The predicted molar refractivity (Wildman–Crippen MR) is 109 cm³/mol. The SMILES string of the molecule is CCCCOc1ccc(C(=O)NC2=NC(c3ccccc3Cl)CC(=O)N2)cc1. The van der Waals surface area contributed by atoms with Crippen molar-refractivity contribution in [2.75, 3.05) is 6.61 Å². The smallest absolute Gasteiger partial charge is 0.257 e. The molecule has 0 aromatic heterocycles. The summed E-state index contributed by atoms with van der Waals surface area (Å²) in [6.07, 6.45) is 2.21. The molecule has 1 atom stereocenters. The number of nitrogens with zero attached hydrogens (tertiary/aromatic N) is 1. The molecule has 0 saturated heterocycles. The van der Waals surface area contributed by atoms with E-state index in [-0.39, 0.29) is 24.2 Å². The zero-order valence-corrected chi connectivity index (χ0v) is 16.3. The Balaban J connectivity index is 1.68. The number of carbonyl (C=O) groups is 2. The van der Waals surface area contributed by atoms with Gasteiger partial charge in [-0.3, -0.25) is 20.2 Å². The van der Waals surface area contributed by atoms with Gasteiger partial charge in [-0.25, -0.2) is 4.99 Å². The number of rotatable bonds is 6. The van der Waals surface area contributed by atoms with Crippen LogP contribution in [0.4, 0.5) is 0 Å². The van der Waals surface area contributed by atoms with Crippen LogP contribution in [-0.4, -0.2) is 24.4 Å². The number of benzene rings is 2. The Morgan fingerprint density at radius 2 is 2.00 bits per heavy atom. The van der Waals surface area contributed by atoms with E-state index in [0.717, 1.165) is 18.4 Å². The maximum atomic E-state index is 12.5. The van der Waals surface area contributed by atoms with Gasteiger partial charge >= 0.3 is 0 Å². The fourth-order valence-electron chi connectivity index (χ4n) is 2.80. The molecule has 2 aromatic carbocycles. The van der Waals surface area contributed by atoms with Crippen molar-refractivity contribution in [2.24, 2.45) is 4.99 Å². The van der Waals surface area contributed by atoms with Gasteiger partial charge in [0.1, 0.15) is 5.75 Å². The van der Waals surface area contributed by atoms with Crippen LogP contribution in [0.3, 0.4) is 0 Å². The van der Waals surface area contributed by atoms with E-state index in [2.05, 4.69) is 22.5 Å². The number of amides is 2. The summed E-state index contributed by atoms with van der Waals surface area (Å²) < 4.78 is 5.59. The lowest BCUT2D eigenvalue weighted by Crippen LogP contribution is -2.47. The van der Waals surface area contributed by atoms with Gasteiger partial charge in [-0.2, -0.15) is 0 Å². The normalized spacial score (nSPS) is 16.1. The van der Waals surface area contributed by atoms with Crippen molar-refractivity contribution in [1.82, 2.24) is 10.6 Å². The second-order valence-electron chi connectivity index (χ2n) is 6.45. The summed E-state index contributed by atoms with van der Waals surface area (Å²) in [6, 6.07) is 13.6. The van der Waals surface area contributed by atoms with E-state index in [4.69, 9.17) is 16.3 Å². The molecule has 2 aromatic rings. The first-order valence-electron chi connectivity index (χ1n) is 9.23. The van der Waals surface area contributed by atoms with E-state index >= 15 is 0 Å². The highest BCUT2D eigenvalue weighted by Crippen LogP contribution is 2.29. The number of nitrogens with one attached hydrogen (secondary N) is 2. The zero-order valence-electron chi connectivity index (χ0n) is 15.6. The van der Waals surface area contributed by atoms with Crippen molar-refractivity contribution in [1.29, 1.82) is 0 Å². The van der Waals surface area contributed by atoms with Gasteiger partial charge in [0, 0.05) is 10.6 Å². The van der Waals surface area contributed by atoms with Crippen LogP contribution in [0.5, 0.6) is 5.75 Å². The van der Waals surface area contributed by atoms with Crippen LogP contribution in [0.25, 0.3) is 0 Å². The highest BCUT2D eigenvalue weighted by Gasteiger charge is 2.25. The molecule has 0 aliphatic carbocycles. The van der Waals surface area contributed by atoms with Gasteiger partial charge < -0.3 is 4.74 Å². The van der Waals surface area contributed by atoms with Gasteiger partial charge in [0.15, 0.2) is 0 Å². The van der Waals surface area contributed by atoms with Gasteiger partial charge in [-0.15, -0.1) is 0 Å². The van der Waals surface area contributed by atoms with Crippen molar-refractivity contribution in [3.63, 3.8) is 0 Å². The van der Waals surface area contributed by atoms with Crippen LogP contribution < -0.4 is 15.4 Å². The van der Waals surface area contributed by atoms with Gasteiger partial charge in [0.05, 0.1) is 19.1 Å². The number of hydrogen-bond acceptors (Lipinski definition) is 4. The first kappa shape index (κ1) is 19.9. The Bertz CT molecular complexity index is 881. The lowest BCUT2D eigenvalue weighted by atomic mass is 10.0. The van der Waals surface area contributed by atoms with Crippen molar-refractivity contribution >= 4 is 29.4 Å². The number of halogens is 1. The minimum atomic E-state index is -0.438. The minimum absolute atomic E-state index is 0.120. The molecule has 146 valence electrons. The maximum Gasteiger partial charge on any atom is 0.257 e. The van der Waals surface area contributed by atoms with Crippen molar-refractivity contribution in [3.8, 4) is 5.75 Å². The average molecular weight is 400 g/mol. The highest BCUT2D eigenvalue weighted by molar-refractivity contribution is 6.31. The van der Waals surface area contributed by atoms with Crippen LogP contribution >= 0.6 is 11.6 Å². The van der Waals surface area contributed by atoms with Crippen molar-refractivity contribution in [2.45, 2.75) is 32.2 Å². The Morgan fingerprint density at radius 1 is 1.25 bits per heavy atom. The standard InChI is InChI=1S/C21H22ClN3O3/c1-2-3-12-28-15-10-8-14(9-11-15)20(27)25-21-23-18(13-19(26)24-21)16-6-4-5-7-17(16)22/h4-11,18H,2-3,12-13H2,1H3,(H2,23,24,25,26,27). The topological polar surface area (TPSA) is 79.8 Å². The molecule has 3 rings (SSSR count). The first-order chi connectivity index (χ1) is 13.6. The summed E-state index contributed by atoms with van der Waals surface area (Å²) in [4.78, 5) is 29.0. The van der Waals surface area contributed by atoms with Crippen LogP contribution in [0.2, 0.25) is 5.02 Å². The van der Waals surface area contributed by atoms with Crippen LogP contribution in [0.1, 0.15) is 48.1 Å². The summed E-state index contributed by atoms with van der Waals surface area (Å²) in [6.45, 7) is 2.74. The van der Waals surface area contributed by atoms with E-state index in [1.54, 1.807) is 30.3 Å². The van der Waals surface area contributed by atoms with E-state index < -0.39 is 6.04 Å². The van der Waals surface area contributed by atoms with Crippen LogP contribution in [0.15, 0.2) is 53.5 Å². The molecule has 28 heavy (non-hydrogen) atoms. The summed E-state index contributed by atoms with van der Waals surface area (Å²) in [7, 11) is 0. The second kappa shape index (κ2) is 9.37. The van der Waals surface area contributed by atoms with Gasteiger partial charge in [-0.05, 0) is 42.3 Å². The van der Waals surface area contributed by atoms with Crippen molar-refractivity contribution < 1.29 is 14.3 Å². The van der Waals surface area contributed by atoms with Gasteiger partial charge in [0.25, 0.3) is 5.91 Å². The maximum absolute atomic E-state index is 12.5. The lowest BCUT2D eigenvalue weighted by molar-refractivity contribution is -0.120. The quantitative estimate of drug-likeness (QED) is 0.723. The molecular weight excluding hydrogens is 378 g/mol. The summed E-state index contributed by atoms with van der Waals surface area (Å²) in [5, 5.41) is 5.78. The Morgan fingerprint density at radius 3 is 2.71 bits per heavy atom. The molecule has 1 heterocycles. The third kappa shape index (κ3) is 5.10. The number of aliphatic imine (C=N–C) groups is 1. The molecule has 2 N–H and O–H groups in total. The molecule has 0 bridgehead atoms. The Labute approximate surface area is 169 Å². The number of guanidine groups is 1. The molecule has 6 nitrogen and oxygen atoms in total. The number of unbranched alkanes of at least 4 members (excludes halogenated alkanes) is 1. The molecule has 0 saturated carbocycles. The number of hydrogen-bond donors (Lipinski definition) is 2. The minimum Gasteiger partial charge on any atom is -0.494 e. The molecule has 0 radical (unpaired) electrons. The Hall–Kier alpha value is -2.86. The zero-order chi connectivity index (χ0) is 19.9. The van der Waals surface area contributed by atoms with E-state index in [1.165, 1.54) is 0 Å². The molecule has 0 fully saturated rings. The van der Waals surface area contributed by atoms with E-state index in [0.29, 0.717) is 22.9 Å². The number of carbonyl (C=O) groups excluding carboxylic acids is 2. The average Bonchev–Trinajstić information content (AvgIpc) is 2.68. The van der Waals surface area contributed by atoms with Gasteiger partial charge in [0.2, 0.25) is 11.9 Å². The lowest BCUT2D eigenvalue weighted by Gasteiger charge is -2.22. The summed E-state index contributed by atoms with van der Waals surface area (Å²) in [5.74, 6) is 0.246. The summed E-state index contributed by atoms with van der Waals surface area (Å²) >= 11 is 6.21. The van der Waals surface area contributed by atoms with Crippen LogP contribution in [0, 0.1) is 0 Å². The fraction of sp³-hybridized carbons (Fsp3) is 0.286. The predicted octanol–water partition coefficient (Wildman–Crippen LogP) is 3.87. The molecule has 1 aliphatic heterocycles. The van der Waals surface area contributed by atoms with Gasteiger partial charge in [-0.1, -0.05) is 43.1 Å². The molecule has 7 heteroatoms. The van der Waals surface area contributed by atoms with Crippen molar-refractivity contribution in [3.05, 3.63) is 64.7 Å². The Kier molecular flexibility index (Phi) is 6.66. The van der Waals surface area contributed by atoms with E-state index in [1.807, 2.05) is 18.2 Å². The molecular formula is C21H22ClN3O3. The third-order valence-corrected chi connectivity index (χ3v) is 4.64. The third-order valence-electron chi connectivity index (χ3n) is 4.30. The largest absolute Gasteiger partial charge is 0.494 e. The molecule has 0 spiro atoms. The highest BCUT2D eigenvalue weighted by atomic mass is 35.5. The second-order valence-corrected chi connectivity index (χ2v) is 6.86. The molecule has 1 unspecified atom stereocenters. The molecule has 1 aliphatic rings. The number of ether oxygens (including phenoxy) is 1. The first-order valence-corrected chi connectivity index (χ1v) is 9.61. The monoisotopic (exact) mass is 399 g/mol. The fourth-order valence-corrected chi connectivity index (χ4v) is 3.06.